The highest BCUT2D eigenvalue weighted by Gasteiger charge is 2.15. The molecule has 1 N–H and O–H groups in total. The number of ether oxygens (including phenoxy) is 3. The summed E-state index contributed by atoms with van der Waals surface area (Å²) in [6, 6.07) is 5.60. The average Bonchev–Trinajstić information content (AvgIpc) is 3.26. The Hall–Kier alpha value is -2.58. The summed E-state index contributed by atoms with van der Waals surface area (Å²) in [5.41, 5.74) is 2.53. The summed E-state index contributed by atoms with van der Waals surface area (Å²) in [5.74, 6) is 1.44. The molecule has 1 amide bonds. The summed E-state index contributed by atoms with van der Waals surface area (Å²) in [5, 5.41) is 4.87. The third-order valence-electron chi connectivity index (χ3n) is 4.16. The molecule has 144 valence electrons. The number of benzene rings is 1. The minimum absolute atomic E-state index is 0.0139. The van der Waals surface area contributed by atoms with Crippen molar-refractivity contribution in [2.75, 3.05) is 34.5 Å². The molecule has 0 aliphatic heterocycles. The zero-order valence-corrected chi connectivity index (χ0v) is 16.5. The lowest BCUT2D eigenvalue weighted by Crippen LogP contribution is -2.27. The van der Waals surface area contributed by atoms with E-state index in [1.54, 1.807) is 21.3 Å². The number of rotatable bonds is 9. The molecule has 8 heteroatoms. The number of carbonyl (C=O) groups is 1. The van der Waals surface area contributed by atoms with E-state index in [0.29, 0.717) is 19.6 Å². The topological polar surface area (TPSA) is 74.1 Å². The van der Waals surface area contributed by atoms with Gasteiger partial charge in [0.05, 0.1) is 26.3 Å². The van der Waals surface area contributed by atoms with Gasteiger partial charge in [-0.2, -0.15) is 0 Å². The standard InChI is InChI=1S/C19H23N3O4S/c1-24-8-4-7-20-18(23)9-13-12-27-19-21-16(11-22(13)19)15-10-14(25-2)5-6-17(15)26-3/h5-6,10-12H,4,7-9H2,1-3H3,(H,20,23). The highest BCUT2D eigenvalue weighted by Crippen LogP contribution is 2.34. The molecular formula is C19H23N3O4S. The van der Waals surface area contributed by atoms with Crippen molar-refractivity contribution in [2.24, 2.45) is 0 Å². The number of thiazole rings is 1. The molecule has 0 atom stereocenters. The lowest BCUT2D eigenvalue weighted by atomic mass is 10.1. The van der Waals surface area contributed by atoms with E-state index in [0.717, 1.165) is 39.8 Å². The molecular weight excluding hydrogens is 366 g/mol. The van der Waals surface area contributed by atoms with Gasteiger partial charge in [0, 0.05) is 43.1 Å². The molecule has 3 aromatic rings. The first kappa shape index (κ1) is 19.2. The first-order valence-electron chi connectivity index (χ1n) is 8.59. The Balaban J connectivity index is 1.80. The molecule has 2 heterocycles. The Morgan fingerprint density at radius 2 is 2.11 bits per heavy atom. The third-order valence-corrected chi connectivity index (χ3v) is 5.04. The zero-order valence-electron chi connectivity index (χ0n) is 15.7. The summed E-state index contributed by atoms with van der Waals surface area (Å²) >= 11 is 1.51. The minimum Gasteiger partial charge on any atom is -0.497 e. The first-order chi connectivity index (χ1) is 13.2. The molecule has 1 aromatic carbocycles. The Bertz CT molecular complexity index is 919. The van der Waals surface area contributed by atoms with Crippen molar-refractivity contribution in [3.05, 3.63) is 35.5 Å². The normalized spacial score (nSPS) is 10.9. The number of nitrogens with zero attached hydrogens (tertiary/aromatic N) is 2. The van der Waals surface area contributed by atoms with Crippen molar-refractivity contribution in [2.45, 2.75) is 12.8 Å². The second-order valence-corrected chi connectivity index (χ2v) is 6.78. The maximum atomic E-state index is 12.2. The Labute approximate surface area is 161 Å². The minimum atomic E-state index is -0.0139. The number of aromatic nitrogens is 2. The molecule has 0 spiro atoms. The van der Waals surface area contributed by atoms with Crippen LogP contribution in [0.4, 0.5) is 0 Å². The van der Waals surface area contributed by atoms with Crippen LogP contribution in [-0.4, -0.2) is 49.8 Å². The number of methoxy groups -OCH3 is 3. The molecule has 0 unspecified atom stereocenters. The Morgan fingerprint density at radius 3 is 2.85 bits per heavy atom. The van der Waals surface area contributed by atoms with E-state index in [-0.39, 0.29) is 5.91 Å². The number of fused-ring (bicyclic) bond motifs is 1. The van der Waals surface area contributed by atoms with Crippen LogP contribution in [0, 0.1) is 0 Å². The van der Waals surface area contributed by atoms with Crippen LogP contribution in [0.15, 0.2) is 29.8 Å². The smallest absolute Gasteiger partial charge is 0.225 e. The molecule has 0 saturated heterocycles. The predicted molar refractivity (Wildman–Crippen MR) is 105 cm³/mol. The quantitative estimate of drug-likeness (QED) is 0.570. The molecule has 0 saturated carbocycles. The fourth-order valence-corrected chi connectivity index (χ4v) is 3.64. The second-order valence-electron chi connectivity index (χ2n) is 5.95. The summed E-state index contributed by atoms with van der Waals surface area (Å²) < 4.78 is 17.7. The lowest BCUT2D eigenvalue weighted by Gasteiger charge is -2.08. The number of hydrogen-bond acceptors (Lipinski definition) is 6. The lowest BCUT2D eigenvalue weighted by molar-refractivity contribution is -0.120. The molecule has 0 aliphatic rings. The van der Waals surface area contributed by atoms with Gasteiger partial charge in [-0.25, -0.2) is 4.98 Å². The molecule has 0 bridgehead atoms. The summed E-state index contributed by atoms with van der Waals surface area (Å²) in [4.78, 5) is 17.7. The van der Waals surface area contributed by atoms with Crippen LogP contribution in [0.2, 0.25) is 0 Å². The molecule has 0 radical (unpaired) electrons. The molecule has 2 aromatic heterocycles. The van der Waals surface area contributed by atoms with Crippen molar-refractivity contribution in [1.29, 1.82) is 0 Å². The van der Waals surface area contributed by atoms with Crippen molar-refractivity contribution in [3.8, 4) is 22.8 Å². The van der Waals surface area contributed by atoms with Gasteiger partial charge in [0.15, 0.2) is 4.96 Å². The Morgan fingerprint density at radius 1 is 1.26 bits per heavy atom. The van der Waals surface area contributed by atoms with Crippen LogP contribution in [0.5, 0.6) is 11.5 Å². The SMILES string of the molecule is COCCCNC(=O)Cc1csc2nc(-c3cc(OC)ccc3OC)cn12. The molecule has 3 rings (SSSR count). The van der Waals surface area contributed by atoms with Gasteiger partial charge in [-0.3, -0.25) is 9.20 Å². The summed E-state index contributed by atoms with van der Waals surface area (Å²) in [6.07, 6.45) is 3.03. The van der Waals surface area contributed by atoms with Crippen LogP contribution < -0.4 is 14.8 Å². The number of carbonyl (C=O) groups excluding carboxylic acids is 1. The molecule has 27 heavy (non-hydrogen) atoms. The zero-order chi connectivity index (χ0) is 19.2. The van der Waals surface area contributed by atoms with Crippen LogP contribution >= 0.6 is 11.3 Å². The number of imidazole rings is 1. The van der Waals surface area contributed by atoms with Crippen molar-refractivity contribution in [3.63, 3.8) is 0 Å². The van der Waals surface area contributed by atoms with E-state index < -0.39 is 0 Å². The van der Waals surface area contributed by atoms with Crippen molar-refractivity contribution < 1.29 is 19.0 Å². The van der Waals surface area contributed by atoms with Crippen LogP contribution in [0.3, 0.4) is 0 Å². The van der Waals surface area contributed by atoms with E-state index in [9.17, 15) is 4.79 Å². The predicted octanol–water partition coefficient (Wildman–Crippen LogP) is 2.78. The highest BCUT2D eigenvalue weighted by molar-refractivity contribution is 7.15. The largest absolute Gasteiger partial charge is 0.497 e. The van der Waals surface area contributed by atoms with Crippen molar-refractivity contribution in [1.82, 2.24) is 14.7 Å². The van der Waals surface area contributed by atoms with E-state index in [1.165, 1.54) is 11.3 Å². The number of nitrogens with one attached hydrogen (secondary N) is 1. The third kappa shape index (κ3) is 4.40. The maximum Gasteiger partial charge on any atom is 0.225 e. The fraction of sp³-hybridized carbons (Fsp3) is 0.368. The summed E-state index contributed by atoms with van der Waals surface area (Å²) in [7, 11) is 4.90. The highest BCUT2D eigenvalue weighted by atomic mass is 32.1. The van der Waals surface area contributed by atoms with Gasteiger partial charge >= 0.3 is 0 Å². The summed E-state index contributed by atoms with van der Waals surface area (Å²) in [6.45, 7) is 1.24. The van der Waals surface area contributed by atoms with Gasteiger partial charge in [-0.05, 0) is 24.6 Å². The molecule has 0 aliphatic carbocycles. The van der Waals surface area contributed by atoms with Gasteiger partial charge < -0.3 is 19.5 Å². The monoisotopic (exact) mass is 389 g/mol. The molecule has 7 nitrogen and oxygen atoms in total. The second kappa shape index (κ2) is 8.88. The van der Waals surface area contributed by atoms with Gasteiger partial charge in [0.1, 0.15) is 11.5 Å². The van der Waals surface area contributed by atoms with Crippen LogP contribution in [0.1, 0.15) is 12.1 Å². The fourth-order valence-electron chi connectivity index (χ4n) is 2.77. The number of hydrogen-bond donors (Lipinski definition) is 1. The van der Waals surface area contributed by atoms with E-state index >= 15 is 0 Å². The Kier molecular flexibility index (Phi) is 6.31. The van der Waals surface area contributed by atoms with Gasteiger partial charge in [0.2, 0.25) is 5.91 Å². The maximum absolute atomic E-state index is 12.2. The van der Waals surface area contributed by atoms with Crippen LogP contribution in [-0.2, 0) is 16.0 Å². The average molecular weight is 389 g/mol. The number of amides is 1. The first-order valence-corrected chi connectivity index (χ1v) is 9.47. The van der Waals surface area contributed by atoms with E-state index in [4.69, 9.17) is 14.2 Å². The van der Waals surface area contributed by atoms with Gasteiger partial charge in [-0.1, -0.05) is 0 Å². The van der Waals surface area contributed by atoms with Gasteiger partial charge in [0.25, 0.3) is 0 Å². The van der Waals surface area contributed by atoms with Crippen molar-refractivity contribution >= 4 is 22.2 Å². The van der Waals surface area contributed by atoms with E-state index in [2.05, 4.69) is 10.3 Å². The van der Waals surface area contributed by atoms with Crippen LogP contribution in [0.25, 0.3) is 16.2 Å². The molecule has 0 fully saturated rings. The van der Waals surface area contributed by atoms with Gasteiger partial charge in [-0.15, -0.1) is 11.3 Å². The van der Waals surface area contributed by atoms with E-state index in [1.807, 2.05) is 34.2 Å².